The Morgan fingerprint density at radius 2 is 1.85 bits per heavy atom. The second-order valence-corrected chi connectivity index (χ2v) is 7.23. The van der Waals surface area contributed by atoms with Gasteiger partial charge in [0.15, 0.2) is 0 Å². The first kappa shape index (κ1) is 14.0. The third kappa shape index (κ3) is 2.75. The zero-order valence-corrected chi connectivity index (χ0v) is 14.1. The Hall–Kier alpha value is -0.930. The molecule has 1 aliphatic heterocycles. The summed E-state index contributed by atoms with van der Waals surface area (Å²) in [6.07, 6.45) is 1.18. The summed E-state index contributed by atoms with van der Waals surface area (Å²) < 4.78 is 1.21. The van der Waals surface area contributed by atoms with Crippen LogP contribution in [0.25, 0.3) is 0 Å². The molecule has 2 aromatic rings. The molecular formula is C17H18BrNS. The lowest BCUT2D eigenvalue weighted by Crippen LogP contribution is -2.16. The molecule has 1 nitrogen and oxygen atoms in total. The summed E-state index contributed by atoms with van der Waals surface area (Å²) in [4.78, 5) is 1.42. The predicted molar refractivity (Wildman–Crippen MR) is 91.8 cm³/mol. The van der Waals surface area contributed by atoms with E-state index in [4.69, 9.17) is 0 Å². The van der Waals surface area contributed by atoms with Gasteiger partial charge in [0, 0.05) is 20.8 Å². The molecule has 104 valence electrons. The molecule has 0 saturated carbocycles. The van der Waals surface area contributed by atoms with Crippen LogP contribution in [-0.4, -0.2) is 5.75 Å². The van der Waals surface area contributed by atoms with Crippen molar-refractivity contribution in [2.45, 2.75) is 31.2 Å². The lowest BCUT2D eigenvalue weighted by molar-refractivity contribution is 0.728. The molecular weight excluding hydrogens is 330 g/mol. The average molecular weight is 348 g/mol. The smallest absolute Gasteiger partial charge is 0.0532 e. The van der Waals surface area contributed by atoms with Gasteiger partial charge < -0.3 is 5.32 Å². The molecule has 0 fully saturated rings. The second-order valence-electron chi connectivity index (χ2n) is 5.30. The fraction of sp³-hybridized carbons (Fsp3) is 0.294. The fourth-order valence-corrected chi connectivity index (χ4v) is 4.08. The van der Waals surface area contributed by atoms with Crippen molar-refractivity contribution in [2.24, 2.45) is 0 Å². The molecule has 2 aromatic carbocycles. The summed E-state index contributed by atoms with van der Waals surface area (Å²) in [6, 6.07) is 13.6. The highest BCUT2D eigenvalue weighted by molar-refractivity contribution is 9.10. The first-order chi connectivity index (χ1) is 9.65. The van der Waals surface area contributed by atoms with E-state index in [0.29, 0.717) is 6.04 Å². The van der Waals surface area contributed by atoms with Crippen LogP contribution in [0.3, 0.4) is 0 Å². The van der Waals surface area contributed by atoms with Gasteiger partial charge in [-0.2, -0.15) is 0 Å². The standard InChI is InChI=1S/C17H18BrNS/c1-11-9-13(10-12(2)17(11)18)19-15-7-8-20-16-6-4-3-5-14(15)16/h3-6,9-10,15,19H,7-8H2,1-2H3. The Morgan fingerprint density at radius 3 is 2.60 bits per heavy atom. The van der Waals surface area contributed by atoms with Crippen LogP contribution in [0, 0.1) is 13.8 Å². The van der Waals surface area contributed by atoms with Gasteiger partial charge in [0.05, 0.1) is 6.04 Å². The zero-order chi connectivity index (χ0) is 14.1. The molecule has 0 saturated heterocycles. The Balaban J connectivity index is 1.89. The van der Waals surface area contributed by atoms with Gasteiger partial charge in [-0.1, -0.05) is 34.1 Å². The highest BCUT2D eigenvalue weighted by Crippen LogP contribution is 2.38. The monoisotopic (exact) mass is 347 g/mol. The van der Waals surface area contributed by atoms with Gasteiger partial charge in [-0.05, 0) is 55.2 Å². The Labute approximate surface area is 133 Å². The maximum atomic E-state index is 3.71. The SMILES string of the molecule is Cc1cc(NC2CCSc3ccccc32)cc(C)c1Br. The first-order valence-electron chi connectivity index (χ1n) is 6.90. The van der Waals surface area contributed by atoms with Crippen molar-refractivity contribution < 1.29 is 0 Å². The number of benzene rings is 2. The number of nitrogens with one attached hydrogen (secondary N) is 1. The minimum absolute atomic E-state index is 0.424. The summed E-state index contributed by atoms with van der Waals surface area (Å²) in [7, 11) is 0. The summed E-state index contributed by atoms with van der Waals surface area (Å²) in [5.41, 5.74) is 5.22. The van der Waals surface area contributed by atoms with Crippen molar-refractivity contribution in [1.29, 1.82) is 0 Å². The van der Waals surface area contributed by atoms with Crippen LogP contribution in [0.5, 0.6) is 0 Å². The van der Waals surface area contributed by atoms with Crippen molar-refractivity contribution in [2.75, 3.05) is 11.1 Å². The molecule has 1 unspecified atom stereocenters. The predicted octanol–water partition coefficient (Wildman–Crippen LogP) is 5.71. The van der Waals surface area contributed by atoms with Crippen molar-refractivity contribution in [3.63, 3.8) is 0 Å². The summed E-state index contributed by atoms with van der Waals surface area (Å²) in [5, 5.41) is 3.71. The van der Waals surface area contributed by atoms with E-state index >= 15 is 0 Å². The van der Waals surface area contributed by atoms with E-state index in [2.05, 4.69) is 71.5 Å². The number of rotatable bonds is 2. The third-order valence-corrected chi connectivity index (χ3v) is 6.11. The van der Waals surface area contributed by atoms with Crippen LogP contribution in [0.2, 0.25) is 0 Å². The van der Waals surface area contributed by atoms with Crippen molar-refractivity contribution in [1.82, 2.24) is 0 Å². The minimum Gasteiger partial charge on any atom is -0.378 e. The quantitative estimate of drug-likeness (QED) is 0.745. The third-order valence-electron chi connectivity index (χ3n) is 3.74. The van der Waals surface area contributed by atoms with E-state index in [-0.39, 0.29) is 0 Å². The number of anilines is 1. The lowest BCUT2D eigenvalue weighted by atomic mass is 10.0. The van der Waals surface area contributed by atoms with E-state index in [9.17, 15) is 0 Å². The van der Waals surface area contributed by atoms with Crippen LogP contribution >= 0.6 is 27.7 Å². The molecule has 0 radical (unpaired) electrons. The van der Waals surface area contributed by atoms with Gasteiger partial charge in [-0.25, -0.2) is 0 Å². The molecule has 0 amide bonds. The molecule has 3 heteroatoms. The molecule has 1 heterocycles. The molecule has 1 aliphatic rings. The Kier molecular flexibility index (Phi) is 4.08. The molecule has 0 bridgehead atoms. The molecule has 0 spiro atoms. The second kappa shape index (κ2) is 5.82. The summed E-state index contributed by atoms with van der Waals surface area (Å²) >= 11 is 5.60. The van der Waals surface area contributed by atoms with Crippen molar-refractivity contribution >= 4 is 33.4 Å². The van der Waals surface area contributed by atoms with Crippen LogP contribution in [0.4, 0.5) is 5.69 Å². The van der Waals surface area contributed by atoms with E-state index in [1.165, 1.54) is 43.9 Å². The molecule has 0 aromatic heterocycles. The van der Waals surface area contributed by atoms with Crippen LogP contribution in [-0.2, 0) is 0 Å². The molecule has 0 aliphatic carbocycles. The topological polar surface area (TPSA) is 12.0 Å². The summed E-state index contributed by atoms with van der Waals surface area (Å²) in [6.45, 7) is 4.29. The van der Waals surface area contributed by atoms with Gasteiger partial charge in [0.1, 0.15) is 0 Å². The van der Waals surface area contributed by atoms with Crippen LogP contribution < -0.4 is 5.32 Å². The van der Waals surface area contributed by atoms with Gasteiger partial charge >= 0.3 is 0 Å². The van der Waals surface area contributed by atoms with E-state index in [0.717, 1.165) is 0 Å². The van der Waals surface area contributed by atoms with Gasteiger partial charge in [-0.15, -0.1) is 11.8 Å². The number of fused-ring (bicyclic) bond motifs is 1. The lowest BCUT2D eigenvalue weighted by Gasteiger charge is -2.27. The highest BCUT2D eigenvalue weighted by atomic mass is 79.9. The van der Waals surface area contributed by atoms with E-state index < -0.39 is 0 Å². The molecule has 1 N–H and O–H groups in total. The number of aryl methyl sites for hydroxylation is 2. The maximum Gasteiger partial charge on any atom is 0.0532 e. The van der Waals surface area contributed by atoms with E-state index in [1.807, 2.05) is 11.8 Å². The normalized spacial score (nSPS) is 17.6. The first-order valence-corrected chi connectivity index (χ1v) is 8.68. The molecule has 3 rings (SSSR count). The highest BCUT2D eigenvalue weighted by Gasteiger charge is 2.20. The zero-order valence-electron chi connectivity index (χ0n) is 11.7. The largest absolute Gasteiger partial charge is 0.378 e. The summed E-state index contributed by atoms with van der Waals surface area (Å²) in [5.74, 6) is 1.18. The van der Waals surface area contributed by atoms with Crippen molar-refractivity contribution in [3.05, 3.63) is 57.6 Å². The maximum absolute atomic E-state index is 3.71. The van der Waals surface area contributed by atoms with Gasteiger partial charge in [0.25, 0.3) is 0 Å². The average Bonchev–Trinajstić information content (AvgIpc) is 2.45. The Bertz CT molecular complexity index is 616. The van der Waals surface area contributed by atoms with E-state index in [1.54, 1.807) is 0 Å². The number of halogens is 1. The number of thioether (sulfide) groups is 1. The van der Waals surface area contributed by atoms with Crippen molar-refractivity contribution in [3.8, 4) is 0 Å². The Morgan fingerprint density at radius 1 is 1.15 bits per heavy atom. The molecule has 1 atom stereocenters. The van der Waals surface area contributed by atoms with Gasteiger partial charge in [0.2, 0.25) is 0 Å². The van der Waals surface area contributed by atoms with Gasteiger partial charge in [-0.3, -0.25) is 0 Å². The number of hydrogen-bond acceptors (Lipinski definition) is 2. The van der Waals surface area contributed by atoms with Crippen LogP contribution in [0.15, 0.2) is 45.8 Å². The number of hydrogen-bond donors (Lipinski definition) is 1. The van der Waals surface area contributed by atoms with Crippen LogP contribution in [0.1, 0.15) is 29.2 Å². The fourth-order valence-electron chi connectivity index (χ4n) is 2.72. The molecule has 20 heavy (non-hydrogen) atoms. The minimum atomic E-state index is 0.424.